The molecule has 0 spiro atoms. The Kier molecular flexibility index (Phi) is 8.57. The molecular weight excluding hydrogens is 388 g/mol. The van der Waals surface area contributed by atoms with Gasteiger partial charge in [0, 0.05) is 5.69 Å². The maximum atomic E-state index is 12.5. The molecular formula is C23H25ClN2O3. The lowest BCUT2D eigenvalue weighted by molar-refractivity contribution is -0.112. The van der Waals surface area contributed by atoms with E-state index < -0.39 is 5.91 Å². The van der Waals surface area contributed by atoms with Gasteiger partial charge >= 0.3 is 0 Å². The zero-order valence-corrected chi connectivity index (χ0v) is 17.7. The highest BCUT2D eigenvalue weighted by atomic mass is 35.5. The third-order valence-corrected chi connectivity index (χ3v) is 4.36. The number of anilines is 1. The Morgan fingerprint density at radius 1 is 1.17 bits per heavy atom. The maximum Gasteiger partial charge on any atom is 0.266 e. The van der Waals surface area contributed by atoms with Crippen LogP contribution in [-0.4, -0.2) is 19.1 Å². The monoisotopic (exact) mass is 412 g/mol. The molecule has 0 aliphatic rings. The quantitative estimate of drug-likeness (QED) is 0.427. The molecule has 0 heterocycles. The van der Waals surface area contributed by atoms with Crippen LogP contribution in [0.1, 0.15) is 38.3 Å². The first-order valence-electron chi connectivity index (χ1n) is 9.63. The Morgan fingerprint density at radius 2 is 1.90 bits per heavy atom. The van der Waals surface area contributed by atoms with E-state index >= 15 is 0 Å². The van der Waals surface area contributed by atoms with Gasteiger partial charge in [-0.25, -0.2) is 0 Å². The van der Waals surface area contributed by atoms with Crippen LogP contribution < -0.4 is 14.8 Å². The van der Waals surface area contributed by atoms with Crippen LogP contribution >= 0.6 is 11.6 Å². The van der Waals surface area contributed by atoms with E-state index in [-0.39, 0.29) is 5.57 Å². The molecule has 152 valence electrons. The van der Waals surface area contributed by atoms with Crippen molar-refractivity contribution in [2.75, 3.05) is 18.5 Å². The molecule has 0 atom stereocenters. The first kappa shape index (κ1) is 22.3. The van der Waals surface area contributed by atoms with Crippen LogP contribution in [0.5, 0.6) is 11.5 Å². The number of carbonyl (C=O) groups is 1. The Morgan fingerprint density at radius 3 is 2.48 bits per heavy atom. The Balaban J connectivity index is 2.28. The average molecular weight is 413 g/mol. The van der Waals surface area contributed by atoms with Crippen molar-refractivity contribution in [3.63, 3.8) is 0 Å². The molecule has 0 aromatic heterocycles. The number of ether oxygens (including phenoxy) is 2. The molecule has 29 heavy (non-hydrogen) atoms. The first-order valence-corrected chi connectivity index (χ1v) is 10.0. The van der Waals surface area contributed by atoms with E-state index in [1.165, 1.54) is 11.6 Å². The van der Waals surface area contributed by atoms with Crippen LogP contribution in [0.4, 0.5) is 5.69 Å². The number of nitrogens with one attached hydrogen (secondary N) is 1. The number of hydrogen-bond donors (Lipinski definition) is 1. The molecule has 1 N–H and O–H groups in total. The van der Waals surface area contributed by atoms with Gasteiger partial charge in [0.1, 0.15) is 11.6 Å². The summed E-state index contributed by atoms with van der Waals surface area (Å²) in [6.45, 7) is 6.87. The smallest absolute Gasteiger partial charge is 0.266 e. The third kappa shape index (κ3) is 6.27. The van der Waals surface area contributed by atoms with Gasteiger partial charge in [0.2, 0.25) is 0 Å². The maximum absolute atomic E-state index is 12.5. The summed E-state index contributed by atoms with van der Waals surface area (Å²) in [6, 6.07) is 12.8. The predicted molar refractivity (Wildman–Crippen MR) is 116 cm³/mol. The highest BCUT2D eigenvalue weighted by molar-refractivity contribution is 6.32. The van der Waals surface area contributed by atoms with Gasteiger partial charge in [0.05, 0.1) is 18.2 Å². The number of benzene rings is 2. The molecule has 1 amide bonds. The highest BCUT2D eigenvalue weighted by Crippen LogP contribution is 2.37. The molecule has 0 aliphatic carbocycles. The van der Waals surface area contributed by atoms with Gasteiger partial charge in [-0.1, -0.05) is 37.6 Å². The number of hydrogen-bond acceptors (Lipinski definition) is 4. The number of halogens is 1. The van der Waals surface area contributed by atoms with Crippen LogP contribution in [0.25, 0.3) is 6.08 Å². The molecule has 2 aromatic carbocycles. The lowest BCUT2D eigenvalue weighted by atomic mass is 10.1. The fraction of sp³-hybridized carbons (Fsp3) is 0.304. The number of aryl methyl sites for hydroxylation is 1. The lowest BCUT2D eigenvalue weighted by Crippen LogP contribution is -2.13. The summed E-state index contributed by atoms with van der Waals surface area (Å²) in [5.41, 5.74) is 2.34. The minimum absolute atomic E-state index is 0.0368. The SMILES string of the molecule is CCCOc1c(Cl)cc(/C=C(\C#N)C(=O)Nc2ccc(CC)cc2)cc1OCC. The van der Waals surface area contributed by atoms with Crippen LogP contribution in [0.15, 0.2) is 42.0 Å². The zero-order chi connectivity index (χ0) is 21.2. The van der Waals surface area contributed by atoms with Crippen molar-refractivity contribution in [3.8, 4) is 17.6 Å². The first-order chi connectivity index (χ1) is 14.0. The lowest BCUT2D eigenvalue weighted by Gasteiger charge is -2.14. The molecule has 0 bridgehead atoms. The van der Waals surface area contributed by atoms with E-state index in [2.05, 4.69) is 12.2 Å². The van der Waals surface area contributed by atoms with Crippen LogP contribution in [0.2, 0.25) is 5.02 Å². The fourth-order valence-electron chi connectivity index (χ4n) is 2.62. The molecule has 2 aromatic rings. The van der Waals surface area contributed by atoms with Gasteiger partial charge in [0.15, 0.2) is 11.5 Å². The molecule has 5 nitrogen and oxygen atoms in total. The summed E-state index contributed by atoms with van der Waals surface area (Å²) < 4.78 is 11.3. The van der Waals surface area contributed by atoms with Crippen molar-refractivity contribution >= 4 is 29.3 Å². The second-order valence-electron chi connectivity index (χ2n) is 6.29. The van der Waals surface area contributed by atoms with E-state index in [0.29, 0.717) is 41.0 Å². The fourth-order valence-corrected chi connectivity index (χ4v) is 2.89. The molecule has 0 unspecified atom stereocenters. The minimum atomic E-state index is -0.489. The molecule has 0 fully saturated rings. The van der Waals surface area contributed by atoms with Gasteiger partial charge in [0.25, 0.3) is 5.91 Å². The van der Waals surface area contributed by atoms with Gasteiger partial charge in [-0.05, 0) is 61.2 Å². The summed E-state index contributed by atoms with van der Waals surface area (Å²) in [7, 11) is 0. The molecule has 0 radical (unpaired) electrons. The predicted octanol–water partition coefficient (Wildman–Crippen LogP) is 5.64. The number of rotatable bonds is 9. The minimum Gasteiger partial charge on any atom is -0.490 e. The Labute approximate surface area is 176 Å². The second kappa shape index (κ2) is 11.1. The van der Waals surface area contributed by atoms with Gasteiger partial charge in [-0.3, -0.25) is 4.79 Å². The second-order valence-corrected chi connectivity index (χ2v) is 6.69. The number of carbonyl (C=O) groups excluding carboxylic acids is 1. The van der Waals surface area contributed by atoms with E-state index in [0.717, 1.165) is 12.8 Å². The van der Waals surface area contributed by atoms with Crippen LogP contribution in [-0.2, 0) is 11.2 Å². The van der Waals surface area contributed by atoms with E-state index in [1.54, 1.807) is 12.1 Å². The molecule has 0 saturated heterocycles. The molecule has 6 heteroatoms. The Bertz CT molecular complexity index is 915. The topological polar surface area (TPSA) is 71.3 Å². The van der Waals surface area contributed by atoms with Gasteiger partial charge in [-0.15, -0.1) is 0 Å². The largest absolute Gasteiger partial charge is 0.490 e. The summed E-state index contributed by atoms with van der Waals surface area (Å²) in [5, 5.41) is 12.6. The normalized spacial score (nSPS) is 10.9. The van der Waals surface area contributed by atoms with Crippen LogP contribution in [0, 0.1) is 11.3 Å². The summed E-state index contributed by atoms with van der Waals surface area (Å²) in [6.07, 6.45) is 3.23. The number of amides is 1. The molecule has 2 rings (SSSR count). The highest BCUT2D eigenvalue weighted by Gasteiger charge is 2.14. The van der Waals surface area contributed by atoms with E-state index in [4.69, 9.17) is 21.1 Å². The molecule has 0 aliphatic heterocycles. The third-order valence-electron chi connectivity index (χ3n) is 4.08. The van der Waals surface area contributed by atoms with Crippen molar-refractivity contribution in [2.24, 2.45) is 0 Å². The Hall–Kier alpha value is -2.97. The van der Waals surface area contributed by atoms with Crippen molar-refractivity contribution in [3.05, 3.63) is 58.1 Å². The number of nitriles is 1. The van der Waals surface area contributed by atoms with E-state index in [1.807, 2.05) is 44.2 Å². The number of nitrogens with zero attached hydrogens (tertiary/aromatic N) is 1. The van der Waals surface area contributed by atoms with Crippen LogP contribution in [0.3, 0.4) is 0 Å². The van der Waals surface area contributed by atoms with Crippen molar-refractivity contribution < 1.29 is 14.3 Å². The zero-order valence-electron chi connectivity index (χ0n) is 16.9. The average Bonchev–Trinajstić information content (AvgIpc) is 2.72. The van der Waals surface area contributed by atoms with Gasteiger partial charge < -0.3 is 14.8 Å². The molecule has 0 saturated carbocycles. The summed E-state index contributed by atoms with van der Waals surface area (Å²) >= 11 is 6.35. The van der Waals surface area contributed by atoms with Crippen molar-refractivity contribution in [1.82, 2.24) is 0 Å². The van der Waals surface area contributed by atoms with Gasteiger partial charge in [-0.2, -0.15) is 5.26 Å². The van der Waals surface area contributed by atoms with E-state index in [9.17, 15) is 10.1 Å². The van der Waals surface area contributed by atoms with Crippen molar-refractivity contribution in [1.29, 1.82) is 5.26 Å². The summed E-state index contributed by atoms with van der Waals surface area (Å²) in [4.78, 5) is 12.5. The van der Waals surface area contributed by atoms with Crippen molar-refractivity contribution in [2.45, 2.75) is 33.6 Å². The summed E-state index contributed by atoms with van der Waals surface area (Å²) in [5.74, 6) is 0.455. The standard InChI is InChI=1S/C23H25ClN2O3/c1-4-11-29-22-20(24)13-17(14-21(22)28-6-3)12-18(15-25)23(27)26-19-9-7-16(5-2)8-10-19/h7-10,12-14H,4-6,11H2,1-3H3,(H,26,27)/b18-12+.